The summed E-state index contributed by atoms with van der Waals surface area (Å²) in [7, 11) is 0. The third kappa shape index (κ3) is 2.66. The highest BCUT2D eigenvalue weighted by Crippen LogP contribution is 2.27. The number of benzene rings is 1. The quantitative estimate of drug-likeness (QED) is 0.564. The Hall–Kier alpha value is -1.16. The van der Waals surface area contributed by atoms with Crippen molar-refractivity contribution in [3.05, 3.63) is 24.3 Å². The molecule has 0 aliphatic rings. The number of anilines is 1. The van der Waals surface area contributed by atoms with Crippen molar-refractivity contribution in [3.8, 4) is 0 Å². The summed E-state index contributed by atoms with van der Waals surface area (Å²) in [5.41, 5.74) is 6.23. The van der Waals surface area contributed by atoms with Gasteiger partial charge in [-0.1, -0.05) is 12.1 Å². The summed E-state index contributed by atoms with van der Waals surface area (Å²) in [5, 5.41) is 9.86. The summed E-state index contributed by atoms with van der Waals surface area (Å²) in [5.74, 6) is -1.08. The van der Waals surface area contributed by atoms with Gasteiger partial charge in [0.05, 0.1) is 5.97 Å². The van der Waals surface area contributed by atoms with Crippen LogP contribution >= 0.6 is 11.8 Å². The lowest BCUT2D eigenvalue weighted by Crippen LogP contribution is -2.31. The Balaban J connectivity index is 2.74. The number of hydrogen-bond acceptors (Lipinski definition) is 4. The molecule has 0 fully saturated rings. The molecule has 4 heteroatoms. The standard InChI is InChI=1S/C9H11NO2S/c1-6(9(11)12)13-8-5-3-2-4-7(8)10/h2-6H,10H2,1H3,(H,11,12)/p-1/t6-/m1/s1. The Bertz CT molecular complexity index is 314. The molecule has 0 radical (unpaired) electrons. The van der Waals surface area contributed by atoms with Crippen molar-refractivity contribution in [2.75, 3.05) is 5.73 Å². The number of hydrogen-bond donors (Lipinski definition) is 1. The molecule has 0 saturated carbocycles. The number of para-hydroxylation sites is 1. The van der Waals surface area contributed by atoms with Crippen LogP contribution in [0.15, 0.2) is 29.2 Å². The van der Waals surface area contributed by atoms with Crippen molar-refractivity contribution in [2.45, 2.75) is 17.1 Å². The number of carboxylic acids is 1. The molecule has 0 aromatic heterocycles. The third-order valence-electron chi connectivity index (χ3n) is 1.55. The molecule has 13 heavy (non-hydrogen) atoms. The number of carboxylic acid groups (broad SMARTS) is 1. The highest BCUT2D eigenvalue weighted by molar-refractivity contribution is 8.00. The van der Waals surface area contributed by atoms with Crippen molar-refractivity contribution in [2.24, 2.45) is 0 Å². The Morgan fingerprint density at radius 1 is 1.54 bits per heavy atom. The lowest BCUT2D eigenvalue weighted by atomic mass is 10.3. The van der Waals surface area contributed by atoms with Gasteiger partial charge in [-0.15, -0.1) is 11.8 Å². The van der Waals surface area contributed by atoms with Crippen LogP contribution in [-0.2, 0) is 4.79 Å². The number of carbonyl (C=O) groups excluding carboxylic acids is 1. The molecular formula is C9H10NO2S-. The Morgan fingerprint density at radius 3 is 2.69 bits per heavy atom. The fraction of sp³-hybridized carbons (Fsp3) is 0.222. The Morgan fingerprint density at radius 2 is 2.15 bits per heavy atom. The minimum atomic E-state index is -1.08. The van der Waals surface area contributed by atoms with Crippen LogP contribution in [0.25, 0.3) is 0 Å². The number of rotatable bonds is 3. The van der Waals surface area contributed by atoms with Crippen molar-refractivity contribution >= 4 is 23.4 Å². The van der Waals surface area contributed by atoms with Gasteiger partial charge in [0.2, 0.25) is 0 Å². The van der Waals surface area contributed by atoms with E-state index < -0.39 is 11.2 Å². The van der Waals surface area contributed by atoms with Crippen LogP contribution in [0, 0.1) is 0 Å². The molecule has 1 atom stereocenters. The van der Waals surface area contributed by atoms with Gasteiger partial charge < -0.3 is 15.6 Å². The van der Waals surface area contributed by atoms with E-state index in [0.29, 0.717) is 5.69 Å². The van der Waals surface area contributed by atoms with Crippen LogP contribution in [0.5, 0.6) is 0 Å². The zero-order valence-corrected chi connectivity index (χ0v) is 8.01. The molecule has 0 saturated heterocycles. The van der Waals surface area contributed by atoms with E-state index in [-0.39, 0.29) is 0 Å². The molecule has 1 rings (SSSR count). The molecule has 1 aromatic carbocycles. The highest BCUT2D eigenvalue weighted by atomic mass is 32.2. The molecule has 0 spiro atoms. The van der Waals surface area contributed by atoms with Crippen LogP contribution in [0.2, 0.25) is 0 Å². The Labute approximate surface area is 80.9 Å². The minimum absolute atomic E-state index is 0.579. The molecular weight excluding hydrogens is 186 g/mol. The second kappa shape index (κ2) is 4.18. The summed E-state index contributed by atoms with van der Waals surface area (Å²) < 4.78 is 0. The maximum Gasteiger partial charge on any atom is 0.0545 e. The molecule has 0 aliphatic heterocycles. The maximum atomic E-state index is 10.4. The van der Waals surface area contributed by atoms with Gasteiger partial charge in [-0.05, 0) is 19.1 Å². The van der Waals surface area contributed by atoms with E-state index in [9.17, 15) is 9.90 Å². The van der Waals surface area contributed by atoms with Gasteiger partial charge in [0.1, 0.15) is 0 Å². The van der Waals surface area contributed by atoms with Gasteiger partial charge in [0.25, 0.3) is 0 Å². The molecule has 70 valence electrons. The zero-order chi connectivity index (χ0) is 9.84. The predicted octanol–water partition coefficient (Wildman–Crippen LogP) is 0.499. The van der Waals surface area contributed by atoms with Crippen molar-refractivity contribution in [1.82, 2.24) is 0 Å². The normalized spacial score (nSPS) is 12.4. The summed E-state index contributed by atoms with van der Waals surface area (Å²) >= 11 is 1.19. The van der Waals surface area contributed by atoms with Crippen LogP contribution in [0.1, 0.15) is 6.92 Å². The molecule has 0 bridgehead atoms. The number of aliphatic carboxylic acids is 1. The lowest BCUT2D eigenvalue weighted by Gasteiger charge is -2.12. The maximum absolute atomic E-state index is 10.4. The highest BCUT2D eigenvalue weighted by Gasteiger charge is 2.06. The first-order valence-corrected chi connectivity index (χ1v) is 4.71. The van der Waals surface area contributed by atoms with Gasteiger partial charge in [-0.2, -0.15) is 0 Å². The lowest BCUT2D eigenvalue weighted by molar-refractivity contribution is -0.304. The van der Waals surface area contributed by atoms with Crippen LogP contribution in [-0.4, -0.2) is 11.2 Å². The van der Waals surface area contributed by atoms with Crippen molar-refractivity contribution in [3.63, 3.8) is 0 Å². The topological polar surface area (TPSA) is 66.2 Å². The summed E-state index contributed by atoms with van der Waals surface area (Å²) in [4.78, 5) is 11.2. The third-order valence-corrected chi connectivity index (χ3v) is 2.73. The molecule has 0 unspecified atom stereocenters. The van der Waals surface area contributed by atoms with E-state index in [2.05, 4.69) is 0 Å². The molecule has 0 heterocycles. The Kier molecular flexibility index (Phi) is 3.19. The average Bonchev–Trinajstić information content (AvgIpc) is 2.08. The van der Waals surface area contributed by atoms with E-state index in [0.717, 1.165) is 4.90 Å². The van der Waals surface area contributed by atoms with E-state index in [1.807, 2.05) is 12.1 Å². The van der Waals surface area contributed by atoms with E-state index in [1.165, 1.54) is 11.8 Å². The largest absolute Gasteiger partial charge is 0.549 e. The average molecular weight is 196 g/mol. The second-order valence-electron chi connectivity index (χ2n) is 2.62. The first-order valence-electron chi connectivity index (χ1n) is 3.83. The molecule has 1 aromatic rings. The number of thioether (sulfide) groups is 1. The van der Waals surface area contributed by atoms with Gasteiger partial charge >= 0.3 is 0 Å². The molecule has 2 N–H and O–H groups in total. The molecule has 0 aliphatic carbocycles. The number of nitrogen functional groups attached to an aromatic ring is 1. The van der Waals surface area contributed by atoms with Crippen LogP contribution in [0.4, 0.5) is 5.69 Å². The zero-order valence-electron chi connectivity index (χ0n) is 7.19. The van der Waals surface area contributed by atoms with Gasteiger partial charge in [-0.25, -0.2) is 0 Å². The predicted molar refractivity (Wildman–Crippen MR) is 51.2 cm³/mol. The summed E-state index contributed by atoms with van der Waals surface area (Å²) in [6.45, 7) is 1.58. The number of carbonyl (C=O) groups is 1. The number of nitrogens with two attached hydrogens (primary N) is 1. The first kappa shape index (κ1) is 9.92. The van der Waals surface area contributed by atoms with Crippen molar-refractivity contribution < 1.29 is 9.90 Å². The smallest absolute Gasteiger partial charge is 0.0545 e. The fourth-order valence-electron chi connectivity index (χ4n) is 0.826. The van der Waals surface area contributed by atoms with Gasteiger partial charge in [0.15, 0.2) is 0 Å². The SMILES string of the molecule is C[C@@H](Sc1ccccc1N)C(=O)[O-]. The van der Waals surface area contributed by atoms with Gasteiger partial charge in [0, 0.05) is 15.8 Å². The molecule has 3 nitrogen and oxygen atoms in total. The van der Waals surface area contributed by atoms with E-state index >= 15 is 0 Å². The van der Waals surface area contributed by atoms with E-state index in [1.54, 1.807) is 19.1 Å². The second-order valence-corrected chi connectivity index (χ2v) is 4.00. The van der Waals surface area contributed by atoms with E-state index in [4.69, 9.17) is 5.73 Å². The fourth-order valence-corrected chi connectivity index (χ4v) is 1.66. The van der Waals surface area contributed by atoms with Gasteiger partial charge in [-0.3, -0.25) is 0 Å². The van der Waals surface area contributed by atoms with Crippen LogP contribution < -0.4 is 10.8 Å². The van der Waals surface area contributed by atoms with Crippen molar-refractivity contribution in [1.29, 1.82) is 0 Å². The monoisotopic (exact) mass is 196 g/mol. The van der Waals surface area contributed by atoms with Crippen LogP contribution in [0.3, 0.4) is 0 Å². The summed E-state index contributed by atoms with van der Waals surface area (Å²) in [6, 6.07) is 7.16. The first-order chi connectivity index (χ1) is 6.11. The summed E-state index contributed by atoms with van der Waals surface area (Å²) in [6.07, 6.45) is 0. The minimum Gasteiger partial charge on any atom is -0.549 e. The molecule has 0 amide bonds.